The third-order valence-electron chi connectivity index (χ3n) is 2.13. The van der Waals surface area contributed by atoms with Crippen molar-refractivity contribution in [1.29, 1.82) is 0 Å². The number of aryl methyl sites for hydroxylation is 1. The van der Waals surface area contributed by atoms with Crippen molar-refractivity contribution in [1.82, 2.24) is 9.97 Å². The van der Waals surface area contributed by atoms with Crippen LogP contribution in [0, 0.1) is 6.92 Å². The van der Waals surface area contributed by atoms with Crippen LogP contribution in [0.3, 0.4) is 0 Å². The van der Waals surface area contributed by atoms with Crippen molar-refractivity contribution in [2.75, 3.05) is 0 Å². The highest BCUT2D eigenvalue weighted by molar-refractivity contribution is 9.08. The first-order chi connectivity index (χ1) is 5.81. The van der Waals surface area contributed by atoms with E-state index in [2.05, 4.69) is 25.9 Å². The summed E-state index contributed by atoms with van der Waals surface area (Å²) in [6.07, 6.45) is 4.54. The predicted octanol–water partition coefficient (Wildman–Crippen LogP) is 2.56. The van der Waals surface area contributed by atoms with E-state index in [0.717, 1.165) is 17.1 Å². The van der Waals surface area contributed by atoms with E-state index < -0.39 is 0 Å². The number of alkyl halides is 1. The minimum Gasteiger partial charge on any atom is -0.241 e. The zero-order chi connectivity index (χ0) is 8.55. The SMILES string of the molecule is Cc1ncc(CBr)c(C2CC2)n1. The van der Waals surface area contributed by atoms with Crippen molar-refractivity contribution in [2.45, 2.75) is 31.0 Å². The first kappa shape index (κ1) is 8.17. The average Bonchev–Trinajstić information content (AvgIpc) is 2.87. The fourth-order valence-electron chi connectivity index (χ4n) is 1.33. The molecule has 1 heterocycles. The lowest BCUT2D eigenvalue weighted by molar-refractivity contribution is 0.914. The molecule has 0 unspecified atom stereocenters. The van der Waals surface area contributed by atoms with Gasteiger partial charge in [0, 0.05) is 23.0 Å². The van der Waals surface area contributed by atoms with Crippen LogP contribution in [0.1, 0.15) is 35.8 Å². The smallest absolute Gasteiger partial charge is 0.125 e. The summed E-state index contributed by atoms with van der Waals surface area (Å²) < 4.78 is 0. The van der Waals surface area contributed by atoms with Gasteiger partial charge in [-0.2, -0.15) is 0 Å². The highest BCUT2D eigenvalue weighted by Crippen LogP contribution is 2.40. The molecule has 3 heteroatoms. The maximum absolute atomic E-state index is 4.46. The van der Waals surface area contributed by atoms with Crippen molar-refractivity contribution < 1.29 is 0 Å². The van der Waals surface area contributed by atoms with E-state index in [9.17, 15) is 0 Å². The summed E-state index contributed by atoms with van der Waals surface area (Å²) in [6, 6.07) is 0. The topological polar surface area (TPSA) is 25.8 Å². The molecule has 0 saturated heterocycles. The molecule has 64 valence electrons. The van der Waals surface area contributed by atoms with Gasteiger partial charge in [0.05, 0.1) is 5.69 Å². The van der Waals surface area contributed by atoms with Crippen LogP contribution < -0.4 is 0 Å². The van der Waals surface area contributed by atoms with Gasteiger partial charge in [0.25, 0.3) is 0 Å². The Morgan fingerprint density at radius 1 is 1.58 bits per heavy atom. The minimum absolute atomic E-state index is 0.722. The van der Waals surface area contributed by atoms with Crippen LogP contribution in [0.4, 0.5) is 0 Å². The maximum Gasteiger partial charge on any atom is 0.125 e. The molecule has 1 aliphatic carbocycles. The summed E-state index contributed by atoms with van der Waals surface area (Å²) in [7, 11) is 0. The van der Waals surface area contributed by atoms with Crippen LogP contribution in [0.25, 0.3) is 0 Å². The van der Waals surface area contributed by atoms with E-state index >= 15 is 0 Å². The lowest BCUT2D eigenvalue weighted by atomic mass is 10.2. The van der Waals surface area contributed by atoms with Gasteiger partial charge in [-0.15, -0.1) is 0 Å². The fourth-order valence-corrected chi connectivity index (χ4v) is 1.76. The largest absolute Gasteiger partial charge is 0.241 e. The van der Waals surface area contributed by atoms with Crippen LogP contribution in [0.5, 0.6) is 0 Å². The lowest BCUT2D eigenvalue weighted by Gasteiger charge is -2.04. The van der Waals surface area contributed by atoms with Crippen molar-refractivity contribution >= 4 is 15.9 Å². The molecule has 12 heavy (non-hydrogen) atoms. The zero-order valence-electron chi connectivity index (χ0n) is 7.05. The van der Waals surface area contributed by atoms with E-state index in [-0.39, 0.29) is 0 Å². The van der Waals surface area contributed by atoms with Gasteiger partial charge < -0.3 is 0 Å². The Kier molecular flexibility index (Phi) is 2.13. The molecule has 0 aromatic carbocycles. The third kappa shape index (κ3) is 1.51. The molecule has 1 aliphatic rings. The van der Waals surface area contributed by atoms with Gasteiger partial charge in [0.15, 0.2) is 0 Å². The van der Waals surface area contributed by atoms with E-state index in [0.29, 0.717) is 0 Å². The van der Waals surface area contributed by atoms with Gasteiger partial charge in [0.2, 0.25) is 0 Å². The van der Waals surface area contributed by atoms with E-state index in [4.69, 9.17) is 0 Å². The molecule has 1 aromatic heterocycles. The van der Waals surface area contributed by atoms with Gasteiger partial charge in [0.1, 0.15) is 5.82 Å². The summed E-state index contributed by atoms with van der Waals surface area (Å²) in [6.45, 7) is 1.95. The second kappa shape index (κ2) is 3.13. The number of hydrogen-bond acceptors (Lipinski definition) is 2. The van der Waals surface area contributed by atoms with Gasteiger partial charge in [-0.25, -0.2) is 9.97 Å². The van der Waals surface area contributed by atoms with Crippen molar-refractivity contribution in [3.63, 3.8) is 0 Å². The Hall–Kier alpha value is -0.440. The van der Waals surface area contributed by atoms with Gasteiger partial charge in [-0.3, -0.25) is 0 Å². The summed E-state index contributed by atoms with van der Waals surface area (Å²) in [5.41, 5.74) is 2.52. The van der Waals surface area contributed by atoms with Crippen molar-refractivity contribution in [3.8, 4) is 0 Å². The molecule has 1 aromatic rings. The molecule has 0 amide bonds. The van der Waals surface area contributed by atoms with Crippen LogP contribution in [-0.4, -0.2) is 9.97 Å². The van der Waals surface area contributed by atoms with Crippen molar-refractivity contribution in [3.05, 3.63) is 23.3 Å². The molecule has 2 nitrogen and oxygen atoms in total. The molecule has 0 radical (unpaired) electrons. The van der Waals surface area contributed by atoms with Crippen LogP contribution in [0.2, 0.25) is 0 Å². The number of rotatable bonds is 2. The Morgan fingerprint density at radius 2 is 2.33 bits per heavy atom. The average molecular weight is 227 g/mol. The van der Waals surface area contributed by atoms with Crippen LogP contribution >= 0.6 is 15.9 Å². The molecule has 0 spiro atoms. The van der Waals surface area contributed by atoms with E-state index in [1.165, 1.54) is 24.1 Å². The first-order valence-corrected chi connectivity index (χ1v) is 5.32. The zero-order valence-corrected chi connectivity index (χ0v) is 8.63. The van der Waals surface area contributed by atoms with Gasteiger partial charge >= 0.3 is 0 Å². The molecule has 2 rings (SSSR count). The predicted molar refractivity (Wildman–Crippen MR) is 51.4 cm³/mol. The molecular weight excluding hydrogens is 216 g/mol. The van der Waals surface area contributed by atoms with Crippen LogP contribution in [0.15, 0.2) is 6.20 Å². The second-order valence-corrected chi connectivity index (χ2v) is 3.80. The quantitative estimate of drug-likeness (QED) is 0.725. The first-order valence-electron chi connectivity index (χ1n) is 4.19. The van der Waals surface area contributed by atoms with E-state index in [1.54, 1.807) is 0 Å². The number of hydrogen-bond donors (Lipinski definition) is 0. The van der Waals surface area contributed by atoms with Crippen molar-refractivity contribution in [2.24, 2.45) is 0 Å². The molecule has 0 atom stereocenters. The maximum atomic E-state index is 4.46. The Bertz CT molecular complexity index is 295. The highest BCUT2D eigenvalue weighted by atomic mass is 79.9. The van der Waals surface area contributed by atoms with Gasteiger partial charge in [-0.05, 0) is 19.8 Å². The standard InChI is InChI=1S/C9H11BrN2/c1-6-11-5-8(4-10)9(12-6)7-2-3-7/h5,7H,2-4H2,1H3. The normalized spacial score (nSPS) is 16.5. The Morgan fingerprint density at radius 3 is 2.92 bits per heavy atom. The fraction of sp³-hybridized carbons (Fsp3) is 0.556. The Balaban J connectivity index is 2.39. The summed E-state index contributed by atoms with van der Waals surface area (Å²) >= 11 is 3.45. The number of nitrogens with zero attached hydrogens (tertiary/aromatic N) is 2. The Labute approximate surface area is 80.6 Å². The highest BCUT2D eigenvalue weighted by Gasteiger charge is 2.27. The molecule has 0 bridgehead atoms. The summed E-state index contributed by atoms with van der Waals surface area (Å²) in [4.78, 5) is 8.64. The van der Waals surface area contributed by atoms with Gasteiger partial charge in [-0.1, -0.05) is 15.9 Å². The van der Waals surface area contributed by atoms with Crippen LogP contribution in [-0.2, 0) is 5.33 Å². The molecule has 0 aliphatic heterocycles. The number of halogens is 1. The monoisotopic (exact) mass is 226 g/mol. The second-order valence-electron chi connectivity index (χ2n) is 3.24. The molecule has 1 saturated carbocycles. The summed E-state index contributed by atoms with van der Waals surface area (Å²) in [5.74, 6) is 1.61. The summed E-state index contributed by atoms with van der Waals surface area (Å²) in [5, 5.41) is 0.874. The third-order valence-corrected chi connectivity index (χ3v) is 2.73. The lowest BCUT2D eigenvalue weighted by Crippen LogP contribution is -1.98. The minimum atomic E-state index is 0.722. The molecular formula is C9H11BrN2. The van der Waals surface area contributed by atoms with E-state index in [1.807, 2.05) is 13.1 Å². The molecule has 1 fully saturated rings. The number of aromatic nitrogens is 2. The molecule has 0 N–H and O–H groups in total.